The maximum atomic E-state index is 5.86. The minimum atomic E-state index is 0.455. The number of nitrogens with one attached hydrogen (secondary N) is 2. The first kappa shape index (κ1) is 30.6. The van der Waals surface area contributed by atoms with Crippen LogP contribution in [0.5, 0.6) is 5.75 Å². The van der Waals surface area contributed by atoms with E-state index in [1.54, 1.807) is 24.5 Å². The summed E-state index contributed by atoms with van der Waals surface area (Å²) in [6.07, 6.45) is 2.59. The molecule has 0 fully saturated rings. The van der Waals surface area contributed by atoms with Crippen molar-refractivity contribution in [3.63, 3.8) is 0 Å². The minimum absolute atomic E-state index is 0.455. The molecule has 8 nitrogen and oxygen atoms in total. The number of nitrogens with zero attached hydrogens (tertiary/aromatic N) is 5. The molecule has 0 radical (unpaired) electrons. The number of allylic oxidation sites excluding steroid dienone is 2. The zero-order valence-electron chi connectivity index (χ0n) is 25.5. The number of methoxy groups -OCH3 is 1. The van der Waals surface area contributed by atoms with Gasteiger partial charge < -0.3 is 25.2 Å². The van der Waals surface area contributed by atoms with Crippen molar-refractivity contribution in [3.05, 3.63) is 90.6 Å². The van der Waals surface area contributed by atoms with Gasteiger partial charge in [0.15, 0.2) is 5.82 Å². The van der Waals surface area contributed by atoms with E-state index in [9.17, 15) is 0 Å². The number of fused-ring (bicyclic) bond motifs is 1. The number of para-hydroxylation sites is 1. The summed E-state index contributed by atoms with van der Waals surface area (Å²) in [7, 11) is 7.86. The number of ether oxygens (including phenoxy) is 1. The highest BCUT2D eigenvalue weighted by molar-refractivity contribution is 7.17. The molecular weight excluding hydrogens is 542 g/mol. The van der Waals surface area contributed by atoms with Crippen LogP contribution in [0.3, 0.4) is 0 Å². The number of hydrogen-bond acceptors (Lipinski definition) is 9. The lowest BCUT2D eigenvalue weighted by molar-refractivity contribution is 0.413. The maximum Gasteiger partial charge on any atom is 0.229 e. The minimum Gasteiger partial charge on any atom is -0.494 e. The molecule has 0 spiro atoms. The van der Waals surface area contributed by atoms with Crippen LogP contribution < -0.4 is 25.2 Å². The zero-order valence-corrected chi connectivity index (χ0v) is 26.3. The number of hydrogen-bond donors (Lipinski definition) is 2. The van der Waals surface area contributed by atoms with E-state index >= 15 is 0 Å². The lowest BCUT2D eigenvalue weighted by atomic mass is 10.1. The predicted octanol–water partition coefficient (Wildman–Crippen LogP) is 7.79. The molecule has 2 N–H and O–H groups in total. The number of thiophene rings is 1. The summed E-state index contributed by atoms with van der Waals surface area (Å²) in [6, 6.07) is 14.4. The van der Waals surface area contributed by atoms with Gasteiger partial charge in [0.2, 0.25) is 5.95 Å². The summed E-state index contributed by atoms with van der Waals surface area (Å²) in [5, 5.41) is 8.87. The van der Waals surface area contributed by atoms with E-state index in [-0.39, 0.29) is 0 Å². The standard InChI is InChI=1S/C33H41N7OS/c1-10-23(5)34-26-20-27(30(41-9)21-29(26)39(8)18-17-38(6)7)36-33-35-25-16-19-42-31(25)32(37-33)40(22(3)4)28-15-13-12-14-24(28)11-2/h10,12-16,19-21,34H,1,3,5,11,17-18H2,2,4,6-9H3,(H,35,36,37). The molecule has 0 bridgehead atoms. The Bertz CT molecular complexity index is 1590. The Hall–Kier alpha value is -4.34. The third kappa shape index (κ3) is 6.75. The lowest BCUT2D eigenvalue weighted by Gasteiger charge is -2.27. The van der Waals surface area contributed by atoms with Gasteiger partial charge in [0.25, 0.3) is 0 Å². The summed E-state index contributed by atoms with van der Waals surface area (Å²) in [4.78, 5) is 16.4. The maximum absolute atomic E-state index is 5.86. The second-order valence-electron chi connectivity index (χ2n) is 10.3. The van der Waals surface area contributed by atoms with Gasteiger partial charge in [-0.1, -0.05) is 44.9 Å². The van der Waals surface area contributed by atoms with E-state index in [2.05, 4.69) is 91.3 Å². The van der Waals surface area contributed by atoms with Gasteiger partial charge in [0.05, 0.1) is 40.1 Å². The first-order chi connectivity index (χ1) is 20.2. The molecule has 0 saturated carbocycles. The summed E-state index contributed by atoms with van der Waals surface area (Å²) < 4.78 is 6.85. The summed E-state index contributed by atoms with van der Waals surface area (Å²) in [5.41, 5.74) is 7.24. The Morgan fingerprint density at radius 1 is 1.02 bits per heavy atom. The summed E-state index contributed by atoms with van der Waals surface area (Å²) in [5.74, 6) is 1.90. The molecule has 4 aromatic rings. The normalized spacial score (nSPS) is 10.9. The Morgan fingerprint density at radius 2 is 1.79 bits per heavy atom. The topological polar surface area (TPSA) is 68.8 Å². The molecule has 0 aliphatic rings. The highest BCUT2D eigenvalue weighted by atomic mass is 32.1. The van der Waals surface area contributed by atoms with Crippen molar-refractivity contribution in [2.24, 2.45) is 0 Å². The fourth-order valence-electron chi connectivity index (χ4n) is 4.65. The highest BCUT2D eigenvalue weighted by Crippen LogP contribution is 2.41. The van der Waals surface area contributed by atoms with E-state index in [1.807, 2.05) is 36.6 Å². The van der Waals surface area contributed by atoms with Crippen LogP contribution in [-0.4, -0.2) is 56.2 Å². The monoisotopic (exact) mass is 583 g/mol. The molecule has 4 rings (SSSR count). The Labute approximate surface area is 253 Å². The fourth-order valence-corrected chi connectivity index (χ4v) is 5.46. The van der Waals surface area contributed by atoms with E-state index in [0.717, 1.165) is 64.0 Å². The van der Waals surface area contributed by atoms with E-state index < -0.39 is 0 Å². The summed E-state index contributed by atoms with van der Waals surface area (Å²) >= 11 is 1.62. The number of anilines is 6. The van der Waals surface area contributed by atoms with E-state index in [0.29, 0.717) is 17.4 Å². The second-order valence-corrected chi connectivity index (χ2v) is 11.2. The van der Waals surface area contributed by atoms with Gasteiger partial charge in [-0.3, -0.25) is 4.90 Å². The number of likely N-dealkylation sites (N-methyl/N-ethyl adjacent to an activating group) is 2. The zero-order chi connectivity index (χ0) is 30.4. The quantitative estimate of drug-likeness (QED) is 0.146. The van der Waals surface area contributed by atoms with Crippen molar-refractivity contribution in [1.29, 1.82) is 0 Å². The Morgan fingerprint density at radius 3 is 2.45 bits per heavy atom. The summed E-state index contributed by atoms with van der Waals surface area (Å²) in [6.45, 7) is 18.1. The van der Waals surface area contributed by atoms with Gasteiger partial charge in [-0.05, 0) is 62.7 Å². The lowest BCUT2D eigenvalue weighted by Crippen LogP contribution is -2.29. The molecule has 2 heterocycles. The SMILES string of the molecule is C=CC(=C)Nc1cc(Nc2nc(N(C(=C)C)c3ccccc3CC)c3sccc3n2)c(OC)cc1N(C)CCN(C)C. The number of rotatable bonds is 14. The van der Waals surface area contributed by atoms with Crippen LogP contribution in [-0.2, 0) is 6.42 Å². The number of aromatic nitrogens is 2. The van der Waals surface area contributed by atoms with Gasteiger partial charge in [0, 0.05) is 37.6 Å². The van der Waals surface area contributed by atoms with Gasteiger partial charge in [-0.2, -0.15) is 4.98 Å². The molecule has 2 aromatic carbocycles. The first-order valence-electron chi connectivity index (χ1n) is 13.9. The average molecular weight is 584 g/mol. The van der Waals surface area contributed by atoms with Crippen molar-refractivity contribution in [3.8, 4) is 5.75 Å². The van der Waals surface area contributed by atoms with Crippen molar-refractivity contribution >= 4 is 56.1 Å². The Balaban J connectivity index is 1.82. The first-order valence-corrected chi connectivity index (χ1v) is 14.8. The van der Waals surface area contributed by atoms with Gasteiger partial charge in [-0.15, -0.1) is 11.3 Å². The third-order valence-electron chi connectivity index (χ3n) is 6.89. The molecule has 2 aromatic heterocycles. The molecule has 220 valence electrons. The van der Waals surface area contributed by atoms with Crippen molar-refractivity contribution < 1.29 is 4.74 Å². The van der Waals surface area contributed by atoms with Crippen LogP contribution in [0.1, 0.15) is 19.4 Å². The predicted molar refractivity (Wildman–Crippen MR) is 181 cm³/mol. The third-order valence-corrected chi connectivity index (χ3v) is 7.79. The molecule has 0 saturated heterocycles. The number of aryl methyl sites for hydroxylation is 1. The molecule has 0 atom stereocenters. The number of benzene rings is 2. The van der Waals surface area contributed by atoms with Gasteiger partial charge >= 0.3 is 0 Å². The van der Waals surface area contributed by atoms with Crippen LogP contribution >= 0.6 is 11.3 Å². The molecule has 42 heavy (non-hydrogen) atoms. The van der Waals surface area contributed by atoms with Crippen LogP contribution in [0.25, 0.3) is 10.2 Å². The highest BCUT2D eigenvalue weighted by Gasteiger charge is 2.22. The molecular formula is C33H41N7OS. The van der Waals surface area contributed by atoms with Crippen LogP contribution in [0.4, 0.5) is 34.5 Å². The van der Waals surface area contributed by atoms with Crippen molar-refractivity contribution in [2.75, 3.05) is 61.8 Å². The van der Waals surface area contributed by atoms with Gasteiger partial charge in [0.1, 0.15) is 5.75 Å². The second kappa shape index (κ2) is 13.5. The molecule has 0 amide bonds. The van der Waals surface area contributed by atoms with E-state index in [4.69, 9.17) is 14.7 Å². The average Bonchev–Trinajstić information content (AvgIpc) is 3.45. The smallest absolute Gasteiger partial charge is 0.229 e. The molecule has 0 aliphatic heterocycles. The van der Waals surface area contributed by atoms with Crippen molar-refractivity contribution in [1.82, 2.24) is 14.9 Å². The largest absolute Gasteiger partial charge is 0.494 e. The molecule has 9 heteroatoms. The van der Waals surface area contributed by atoms with Crippen molar-refractivity contribution in [2.45, 2.75) is 20.3 Å². The van der Waals surface area contributed by atoms with E-state index in [1.165, 1.54) is 5.56 Å². The Kier molecular flexibility index (Phi) is 9.88. The van der Waals surface area contributed by atoms with Crippen LogP contribution in [0.2, 0.25) is 0 Å². The van der Waals surface area contributed by atoms with Gasteiger partial charge in [-0.25, -0.2) is 4.98 Å². The molecule has 0 aliphatic carbocycles. The molecule has 0 unspecified atom stereocenters. The van der Waals surface area contributed by atoms with Crippen LogP contribution in [0.15, 0.2) is 85.1 Å². The fraction of sp³-hybridized carbons (Fsp3) is 0.273. The van der Waals surface area contributed by atoms with Crippen LogP contribution in [0, 0.1) is 0 Å².